The molecule has 2 heteroatoms. The van der Waals surface area contributed by atoms with Crippen LogP contribution in [0, 0.1) is 0 Å². The Labute approximate surface area is 45.3 Å². The fourth-order valence-electron chi connectivity index (χ4n) is 0.676. The molecule has 0 aliphatic carbocycles. The predicted molar refractivity (Wildman–Crippen MR) is 32.3 cm³/mol. The summed E-state index contributed by atoms with van der Waals surface area (Å²) in [7, 11) is 4.33. The number of nitrogens with zero attached hydrogens (tertiary/aromatic N) is 1. The molecule has 1 nitrogen and oxygen atoms in total. The minimum atomic E-state index is 1.11. The van der Waals surface area contributed by atoms with Crippen LogP contribution in [0.2, 0.25) is 6.32 Å². The molecule has 0 bridgehead atoms. The van der Waals surface area contributed by atoms with Crippen LogP contribution in [0.15, 0.2) is 12.3 Å². The highest BCUT2D eigenvalue weighted by molar-refractivity contribution is 6.36. The highest BCUT2D eigenvalue weighted by Gasteiger charge is 1.95. The molecule has 1 aliphatic rings. The minimum Gasteiger partial charge on any atom is -0.389 e. The van der Waals surface area contributed by atoms with E-state index in [0.717, 1.165) is 12.8 Å². The largest absolute Gasteiger partial charge is 0.389 e. The van der Waals surface area contributed by atoms with E-state index >= 15 is 0 Å². The lowest BCUT2D eigenvalue weighted by atomic mass is 9.73. The van der Waals surface area contributed by atoms with Crippen LogP contribution in [-0.4, -0.2) is 25.7 Å². The van der Waals surface area contributed by atoms with Crippen LogP contribution < -0.4 is 0 Å². The molecule has 0 amide bonds. The maximum absolute atomic E-state index is 2.25. The van der Waals surface area contributed by atoms with Gasteiger partial charge in [-0.2, -0.15) is 0 Å². The van der Waals surface area contributed by atoms with Crippen molar-refractivity contribution in [2.45, 2.75) is 6.32 Å². The molecule has 0 aromatic heterocycles. The molecule has 0 fully saturated rings. The van der Waals surface area contributed by atoms with Crippen molar-refractivity contribution >= 4 is 7.28 Å². The Balaban J connectivity index is 2.36. The molecule has 1 aliphatic heterocycles. The maximum atomic E-state index is 2.25. The molecule has 0 saturated carbocycles. The third kappa shape index (κ3) is 1.26. The van der Waals surface area contributed by atoms with Crippen LogP contribution >= 0.6 is 0 Å². The van der Waals surface area contributed by atoms with E-state index in [9.17, 15) is 0 Å². The first kappa shape index (κ1) is 4.76. The van der Waals surface area contributed by atoms with E-state index in [1.165, 1.54) is 0 Å². The molecule has 0 spiro atoms. The summed E-state index contributed by atoms with van der Waals surface area (Å²) in [5.74, 6) is 0. The van der Waals surface area contributed by atoms with Crippen molar-refractivity contribution in [2.24, 2.45) is 0 Å². The first-order valence-electron chi connectivity index (χ1n) is 2.58. The van der Waals surface area contributed by atoms with E-state index in [0.29, 0.717) is 0 Å². The predicted octanol–water partition coefficient (Wildman–Crippen LogP) is 0.525. The van der Waals surface area contributed by atoms with Gasteiger partial charge in [0, 0.05) is 7.05 Å². The molecule has 7 heavy (non-hydrogen) atoms. The van der Waals surface area contributed by atoms with Crippen LogP contribution in [0.1, 0.15) is 0 Å². The monoisotopic (exact) mass is 94.1 g/mol. The SMILES string of the molecule is CN1C=CC[B]C1. The minimum absolute atomic E-state index is 1.11. The van der Waals surface area contributed by atoms with Gasteiger partial charge in [-0.05, 0) is 12.6 Å². The van der Waals surface area contributed by atoms with Gasteiger partial charge in [-0.1, -0.05) is 12.4 Å². The van der Waals surface area contributed by atoms with Crippen molar-refractivity contribution in [3.8, 4) is 0 Å². The van der Waals surface area contributed by atoms with Crippen LogP contribution in [0.5, 0.6) is 0 Å². The average molecular weight is 93.9 g/mol. The first-order chi connectivity index (χ1) is 3.39. The summed E-state index contributed by atoms with van der Waals surface area (Å²) in [5.41, 5.74) is 0. The van der Waals surface area contributed by atoms with E-state index in [1.807, 2.05) is 0 Å². The van der Waals surface area contributed by atoms with Gasteiger partial charge in [0.05, 0.1) is 0 Å². The molecule has 0 aromatic rings. The summed E-state index contributed by atoms with van der Waals surface area (Å²) in [5, 5.41) is 0. The van der Waals surface area contributed by atoms with Gasteiger partial charge in [-0.25, -0.2) is 0 Å². The van der Waals surface area contributed by atoms with Gasteiger partial charge in [0.1, 0.15) is 7.28 Å². The van der Waals surface area contributed by atoms with Crippen molar-refractivity contribution in [1.29, 1.82) is 0 Å². The second-order valence-electron chi connectivity index (χ2n) is 1.85. The van der Waals surface area contributed by atoms with Gasteiger partial charge in [0.15, 0.2) is 0 Å². The van der Waals surface area contributed by atoms with Gasteiger partial charge in [0.25, 0.3) is 0 Å². The second-order valence-corrected chi connectivity index (χ2v) is 1.85. The highest BCUT2D eigenvalue weighted by atomic mass is 15.1. The fourth-order valence-corrected chi connectivity index (χ4v) is 0.676. The Morgan fingerprint density at radius 3 is 2.86 bits per heavy atom. The molecule has 0 aromatic carbocycles. The van der Waals surface area contributed by atoms with Crippen LogP contribution in [0.3, 0.4) is 0 Å². The van der Waals surface area contributed by atoms with Crippen molar-refractivity contribution < 1.29 is 0 Å². The van der Waals surface area contributed by atoms with Gasteiger partial charge in [-0.3, -0.25) is 0 Å². The number of allylic oxidation sites excluding steroid dienone is 1. The third-order valence-electron chi connectivity index (χ3n) is 1.08. The van der Waals surface area contributed by atoms with Crippen molar-refractivity contribution in [2.75, 3.05) is 13.5 Å². The van der Waals surface area contributed by atoms with E-state index in [2.05, 4.69) is 31.5 Å². The van der Waals surface area contributed by atoms with Gasteiger partial charge in [-0.15, -0.1) is 0 Å². The third-order valence-corrected chi connectivity index (χ3v) is 1.08. The Hall–Kier alpha value is -0.395. The van der Waals surface area contributed by atoms with E-state index in [1.54, 1.807) is 0 Å². The summed E-state index contributed by atoms with van der Waals surface area (Å²) in [4.78, 5) is 2.16. The van der Waals surface area contributed by atoms with E-state index in [-0.39, 0.29) is 0 Å². The summed E-state index contributed by atoms with van der Waals surface area (Å²) in [6.07, 6.45) is 6.52. The second kappa shape index (κ2) is 2.06. The molecular weight excluding hydrogens is 84.9 g/mol. The average Bonchev–Trinajstić information content (AvgIpc) is 1.69. The Bertz CT molecular complexity index is 80.1. The number of hydrogen-bond donors (Lipinski definition) is 0. The van der Waals surface area contributed by atoms with Gasteiger partial charge < -0.3 is 4.90 Å². The summed E-state index contributed by atoms with van der Waals surface area (Å²) in [6.45, 7) is 0. The van der Waals surface area contributed by atoms with Crippen molar-refractivity contribution in [3.63, 3.8) is 0 Å². The van der Waals surface area contributed by atoms with Crippen LogP contribution in [-0.2, 0) is 0 Å². The molecular formula is C5H9BN. The van der Waals surface area contributed by atoms with Gasteiger partial charge in [0.2, 0.25) is 0 Å². The zero-order valence-electron chi connectivity index (χ0n) is 4.59. The molecule has 1 rings (SSSR count). The smallest absolute Gasteiger partial charge is 0.140 e. The molecule has 0 saturated heterocycles. The molecule has 1 heterocycles. The molecule has 1 radical (unpaired) electrons. The Morgan fingerprint density at radius 1 is 1.71 bits per heavy atom. The Kier molecular flexibility index (Phi) is 1.40. The fraction of sp³-hybridized carbons (Fsp3) is 0.600. The first-order valence-corrected chi connectivity index (χ1v) is 2.58. The molecule has 0 N–H and O–H groups in total. The summed E-state index contributed by atoms with van der Waals surface area (Å²) in [6, 6.07) is 0. The van der Waals surface area contributed by atoms with Gasteiger partial charge >= 0.3 is 0 Å². The van der Waals surface area contributed by atoms with E-state index < -0.39 is 0 Å². The molecule has 0 atom stereocenters. The van der Waals surface area contributed by atoms with Crippen molar-refractivity contribution in [3.05, 3.63) is 12.3 Å². The highest BCUT2D eigenvalue weighted by Crippen LogP contribution is 1.94. The van der Waals surface area contributed by atoms with Crippen molar-refractivity contribution in [1.82, 2.24) is 4.90 Å². The van der Waals surface area contributed by atoms with E-state index in [4.69, 9.17) is 0 Å². The lowest BCUT2D eigenvalue weighted by molar-refractivity contribution is 0.526. The van der Waals surface area contributed by atoms with Crippen LogP contribution in [0.4, 0.5) is 0 Å². The maximum Gasteiger partial charge on any atom is 0.140 e. The zero-order valence-corrected chi connectivity index (χ0v) is 4.59. The lowest BCUT2D eigenvalue weighted by Gasteiger charge is -2.15. The Morgan fingerprint density at radius 2 is 2.57 bits per heavy atom. The quantitative estimate of drug-likeness (QED) is 0.395. The summed E-state index contributed by atoms with van der Waals surface area (Å²) < 4.78 is 0. The summed E-state index contributed by atoms with van der Waals surface area (Å²) >= 11 is 0. The molecule has 0 unspecified atom stereocenters. The zero-order chi connectivity index (χ0) is 5.11. The topological polar surface area (TPSA) is 3.24 Å². The normalized spacial score (nSPS) is 19.3. The lowest BCUT2D eigenvalue weighted by Crippen LogP contribution is -2.20. The van der Waals surface area contributed by atoms with Crippen LogP contribution in [0.25, 0.3) is 0 Å². The number of rotatable bonds is 0. The standard InChI is InChI=1S/C5H9BN/c1-7-4-2-3-6-5-7/h2,4H,3,5H2,1H3. The molecule has 37 valence electrons. The number of hydrogen-bond acceptors (Lipinski definition) is 1.